The van der Waals surface area contributed by atoms with Gasteiger partial charge in [0.1, 0.15) is 5.75 Å². The first kappa shape index (κ1) is 22.3. The molecule has 3 aromatic carbocycles. The van der Waals surface area contributed by atoms with Crippen molar-refractivity contribution in [3.05, 3.63) is 118 Å². The zero-order chi connectivity index (χ0) is 23.2. The molecule has 0 atom stereocenters. The van der Waals surface area contributed by atoms with Crippen LogP contribution in [0.15, 0.2) is 96.4 Å². The van der Waals surface area contributed by atoms with Gasteiger partial charge in [0, 0.05) is 17.4 Å². The summed E-state index contributed by atoms with van der Waals surface area (Å²) in [5, 5.41) is 4.67. The lowest BCUT2D eigenvalue weighted by Gasteiger charge is -2.09. The fourth-order valence-electron chi connectivity index (χ4n) is 3.05. The molecule has 0 aliphatic heterocycles. The largest absolute Gasteiger partial charge is 0.423 e. The number of benzene rings is 3. The Morgan fingerprint density at radius 2 is 1.61 bits per heavy atom. The lowest BCUT2D eigenvalue weighted by Crippen LogP contribution is -2.19. The fraction of sp³-hybridized carbons (Fsp3) is 0. The third kappa shape index (κ3) is 5.49. The molecule has 4 rings (SSSR count). The fourth-order valence-corrected chi connectivity index (χ4v) is 3.54. The van der Waals surface area contributed by atoms with Crippen LogP contribution in [-0.2, 0) is 0 Å². The normalized spacial score (nSPS) is 10.8. The van der Waals surface area contributed by atoms with Crippen molar-refractivity contribution in [1.82, 2.24) is 9.99 Å². The van der Waals surface area contributed by atoms with Gasteiger partial charge in [0.2, 0.25) is 0 Å². The van der Waals surface area contributed by atoms with Gasteiger partial charge < -0.3 is 9.30 Å². The van der Waals surface area contributed by atoms with Gasteiger partial charge in [0.05, 0.1) is 28.1 Å². The Kier molecular flexibility index (Phi) is 6.88. The maximum atomic E-state index is 12.6. The zero-order valence-corrected chi connectivity index (χ0v) is 18.6. The van der Waals surface area contributed by atoms with Crippen LogP contribution in [0.5, 0.6) is 5.75 Å². The standard InChI is InChI=1S/C25H17Cl2N3O3/c26-18-9-12-20(22(27)15-18)25(32)33-19-10-7-17(8-11-19)16-28-29-24(31)21-5-1-2-6-23(21)30-13-3-4-14-30/h1-16H,(H,29,31)/b28-16-. The van der Waals surface area contributed by atoms with E-state index in [9.17, 15) is 9.59 Å². The Bertz CT molecular complexity index is 1320. The number of carbonyl (C=O) groups excluding carboxylic acids is 2. The smallest absolute Gasteiger partial charge is 0.345 e. The number of ether oxygens (including phenoxy) is 1. The van der Waals surface area contributed by atoms with Crippen molar-refractivity contribution in [1.29, 1.82) is 0 Å². The van der Waals surface area contributed by atoms with Crippen LogP contribution in [0.3, 0.4) is 0 Å². The van der Waals surface area contributed by atoms with Gasteiger partial charge in [-0.3, -0.25) is 4.79 Å². The molecule has 0 saturated heterocycles. The van der Waals surface area contributed by atoms with Crippen LogP contribution < -0.4 is 10.2 Å². The molecule has 0 aliphatic carbocycles. The third-order valence-electron chi connectivity index (χ3n) is 4.65. The van der Waals surface area contributed by atoms with E-state index in [0.29, 0.717) is 21.9 Å². The number of nitrogens with one attached hydrogen (secondary N) is 1. The number of hydrogen-bond donors (Lipinski definition) is 1. The monoisotopic (exact) mass is 477 g/mol. The number of rotatable bonds is 6. The number of esters is 1. The van der Waals surface area contributed by atoms with E-state index in [1.807, 2.05) is 41.2 Å². The second kappa shape index (κ2) is 10.2. The van der Waals surface area contributed by atoms with Gasteiger partial charge in [-0.2, -0.15) is 5.10 Å². The van der Waals surface area contributed by atoms with Crippen molar-refractivity contribution in [2.45, 2.75) is 0 Å². The van der Waals surface area contributed by atoms with E-state index < -0.39 is 5.97 Å². The molecule has 0 bridgehead atoms. The van der Waals surface area contributed by atoms with Crippen molar-refractivity contribution < 1.29 is 14.3 Å². The molecular formula is C25H17Cl2N3O3. The molecule has 4 aromatic rings. The number of carbonyl (C=O) groups is 2. The molecule has 1 N–H and O–H groups in total. The predicted octanol–water partition coefficient (Wildman–Crippen LogP) is 5.77. The minimum atomic E-state index is -0.591. The van der Waals surface area contributed by atoms with Crippen LogP contribution in [0.2, 0.25) is 10.0 Å². The number of aromatic nitrogens is 1. The van der Waals surface area contributed by atoms with E-state index >= 15 is 0 Å². The minimum Gasteiger partial charge on any atom is -0.423 e. The summed E-state index contributed by atoms with van der Waals surface area (Å²) in [6.07, 6.45) is 5.23. The van der Waals surface area contributed by atoms with Crippen molar-refractivity contribution in [3.63, 3.8) is 0 Å². The van der Waals surface area contributed by atoms with Gasteiger partial charge in [-0.1, -0.05) is 35.3 Å². The Morgan fingerprint density at radius 1 is 0.879 bits per heavy atom. The molecule has 6 nitrogen and oxygen atoms in total. The van der Waals surface area contributed by atoms with Crippen molar-refractivity contribution in [3.8, 4) is 11.4 Å². The van der Waals surface area contributed by atoms with Gasteiger partial charge in [-0.15, -0.1) is 0 Å². The van der Waals surface area contributed by atoms with E-state index in [4.69, 9.17) is 27.9 Å². The molecule has 0 spiro atoms. The molecule has 1 amide bonds. The summed E-state index contributed by atoms with van der Waals surface area (Å²) in [5.41, 5.74) is 4.71. The van der Waals surface area contributed by atoms with Crippen LogP contribution in [-0.4, -0.2) is 22.7 Å². The summed E-state index contributed by atoms with van der Waals surface area (Å²) in [6.45, 7) is 0. The van der Waals surface area contributed by atoms with Crippen LogP contribution in [0.1, 0.15) is 26.3 Å². The molecule has 0 saturated carbocycles. The van der Waals surface area contributed by atoms with Crippen LogP contribution in [0.4, 0.5) is 0 Å². The van der Waals surface area contributed by atoms with Crippen LogP contribution in [0.25, 0.3) is 5.69 Å². The highest BCUT2D eigenvalue weighted by Crippen LogP contribution is 2.23. The molecule has 1 aromatic heterocycles. The average Bonchev–Trinajstić information content (AvgIpc) is 3.35. The van der Waals surface area contributed by atoms with E-state index in [1.54, 1.807) is 42.5 Å². The summed E-state index contributed by atoms with van der Waals surface area (Å²) in [7, 11) is 0. The Hall–Kier alpha value is -3.87. The second-order valence-corrected chi connectivity index (χ2v) is 7.73. The minimum absolute atomic E-state index is 0.213. The SMILES string of the molecule is O=C(Oc1ccc(/C=N\NC(=O)c2ccccc2-n2cccc2)cc1)c1ccc(Cl)cc1Cl. The Balaban J connectivity index is 1.38. The highest BCUT2D eigenvalue weighted by atomic mass is 35.5. The molecule has 0 radical (unpaired) electrons. The molecular weight excluding hydrogens is 461 g/mol. The Morgan fingerprint density at radius 3 is 2.33 bits per heavy atom. The topological polar surface area (TPSA) is 72.7 Å². The molecule has 1 heterocycles. The first-order chi connectivity index (χ1) is 16.0. The summed E-state index contributed by atoms with van der Waals surface area (Å²) in [5.74, 6) is -0.583. The number of para-hydroxylation sites is 1. The highest BCUT2D eigenvalue weighted by Gasteiger charge is 2.13. The summed E-state index contributed by atoms with van der Waals surface area (Å²) in [6, 6.07) is 22.2. The van der Waals surface area contributed by atoms with Crippen LogP contribution >= 0.6 is 23.2 Å². The highest BCUT2D eigenvalue weighted by molar-refractivity contribution is 6.36. The van der Waals surface area contributed by atoms with Crippen LogP contribution in [0, 0.1) is 0 Å². The second-order valence-electron chi connectivity index (χ2n) is 6.89. The number of hydrazone groups is 1. The van der Waals surface area contributed by atoms with E-state index in [-0.39, 0.29) is 16.5 Å². The number of nitrogens with zero attached hydrogens (tertiary/aromatic N) is 2. The lowest BCUT2D eigenvalue weighted by atomic mass is 10.1. The third-order valence-corrected chi connectivity index (χ3v) is 5.20. The lowest BCUT2D eigenvalue weighted by molar-refractivity contribution is 0.0734. The van der Waals surface area contributed by atoms with Gasteiger partial charge >= 0.3 is 5.97 Å². The molecule has 0 fully saturated rings. The van der Waals surface area contributed by atoms with E-state index in [1.165, 1.54) is 18.3 Å². The molecule has 33 heavy (non-hydrogen) atoms. The van der Waals surface area contributed by atoms with Gasteiger partial charge in [-0.25, -0.2) is 10.2 Å². The summed E-state index contributed by atoms with van der Waals surface area (Å²) >= 11 is 11.9. The molecule has 0 unspecified atom stereocenters. The maximum Gasteiger partial charge on any atom is 0.345 e. The maximum absolute atomic E-state index is 12.6. The van der Waals surface area contributed by atoms with Gasteiger partial charge in [0.15, 0.2) is 0 Å². The van der Waals surface area contributed by atoms with Gasteiger partial charge in [0.25, 0.3) is 5.91 Å². The number of halogens is 2. The summed E-state index contributed by atoms with van der Waals surface area (Å²) < 4.78 is 7.20. The molecule has 8 heteroatoms. The zero-order valence-electron chi connectivity index (χ0n) is 17.1. The first-order valence-corrected chi connectivity index (χ1v) is 10.6. The van der Waals surface area contributed by atoms with Crippen molar-refractivity contribution in [2.75, 3.05) is 0 Å². The quantitative estimate of drug-likeness (QED) is 0.166. The van der Waals surface area contributed by atoms with E-state index in [0.717, 1.165) is 5.69 Å². The number of hydrogen-bond acceptors (Lipinski definition) is 4. The predicted molar refractivity (Wildman–Crippen MR) is 129 cm³/mol. The average molecular weight is 478 g/mol. The van der Waals surface area contributed by atoms with Gasteiger partial charge in [-0.05, 0) is 72.3 Å². The van der Waals surface area contributed by atoms with E-state index in [2.05, 4.69) is 10.5 Å². The first-order valence-electron chi connectivity index (χ1n) is 9.84. The number of amides is 1. The molecule has 0 aliphatic rings. The van der Waals surface area contributed by atoms with Crippen molar-refractivity contribution >= 4 is 41.3 Å². The summed E-state index contributed by atoms with van der Waals surface area (Å²) in [4.78, 5) is 24.9. The van der Waals surface area contributed by atoms with Crippen molar-refractivity contribution in [2.24, 2.45) is 5.10 Å². The molecule has 164 valence electrons. The Labute approximate surface area is 200 Å².